The maximum Gasteiger partial charge on any atom is 0.0750 e. The van der Waals surface area contributed by atoms with Gasteiger partial charge in [0.1, 0.15) is 0 Å². The van der Waals surface area contributed by atoms with E-state index in [1.54, 1.807) is 0 Å². The van der Waals surface area contributed by atoms with Gasteiger partial charge in [-0.05, 0) is 124 Å². The van der Waals surface area contributed by atoms with Crippen molar-refractivity contribution < 1.29 is 0 Å². The molecule has 11 aromatic rings. The van der Waals surface area contributed by atoms with Crippen LogP contribution in [0.5, 0.6) is 0 Å². The lowest BCUT2D eigenvalue weighted by atomic mass is 9.86. The second-order valence-corrected chi connectivity index (χ2v) is 15.4. The van der Waals surface area contributed by atoms with E-state index in [1.807, 2.05) is 18.5 Å². The molecule has 274 valence electrons. The van der Waals surface area contributed by atoms with Gasteiger partial charge in [-0.1, -0.05) is 166 Å². The maximum absolute atomic E-state index is 5.43. The second kappa shape index (κ2) is 13.8. The second-order valence-electron chi connectivity index (χ2n) is 15.4. The Hall–Kier alpha value is -7.16. The molecule has 0 aliphatic heterocycles. The zero-order valence-corrected chi connectivity index (χ0v) is 32.6. The topological polar surface area (TPSA) is 25.8 Å². The third-order valence-electron chi connectivity index (χ3n) is 12.3. The third-order valence-corrected chi connectivity index (χ3v) is 12.3. The molecule has 0 unspecified atom stereocenters. The lowest BCUT2D eigenvalue weighted by molar-refractivity contribution is 1.10. The van der Waals surface area contributed by atoms with Crippen LogP contribution in [0.1, 0.15) is 25.0 Å². The summed E-state index contributed by atoms with van der Waals surface area (Å²) in [5.74, 6) is 0. The molecule has 2 heteroatoms. The molecule has 2 heterocycles. The predicted molar refractivity (Wildman–Crippen MR) is 247 cm³/mol. The molecule has 9 aromatic carbocycles. The van der Waals surface area contributed by atoms with E-state index in [0.717, 1.165) is 29.6 Å². The average molecular weight is 741 g/mol. The van der Waals surface area contributed by atoms with Crippen molar-refractivity contribution in [3.05, 3.63) is 193 Å². The van der Waals surface area contributed by atoms with Gasteiger partial charge < -0.3 is 0 Å². The highest BCUT2D eigenvalue weighted by atomic mass is 14.7. The van der Waals surface area contributed by atoms with Crippen LogP contribution in [0.3, 0.4) is 0 Å². The summed E-state index contributed by atoms with van der Waals surface area (Å²) >= 11 is 0. The molecule has 2 nitrogen and oxygen atoms in total. The normalized spacial score (nSPS) is 11.8. The third kappa shape index (κ3) is 5.40. The standard InChI is InChI=1S/C56H40N2/c1-3-35-11-5-8-17-48(35)56-44(4-2)52(55-47-16-7-6-12-37(47)26-31-51(55)58-56)38-20-18-36(19-21-38)41-13-9-14-42(33-41)45-27-22-39-25-30-50-46(43-15-10-32-57-34-43)28-23-40-24-29-49(45)53(39)54(40)50/h5-34H,3-4H2,1-2H3. The van der Waals surface area contributed by atoms with Crippen molar-refractivity contribution in [2.75, 3.05) is 0 Å². The largest absolute Gasteiger partial charge is 0.264 e. The van der Waals surface area contributed by atoms with Crippen LogP contribution >= 0.6 is 0 Å². The van der Waals surface area contributed by atoms with Gasteiger partial charge >= 0.3 is 0 Å². The van der Waals surface area contributed by atoms with E-state index in [0.29, 0.717) is 0 Å². The molecule has 0 aliphatic carbocycles. The van der Waals surface area contributed by atoms with Crippen LogP contribution in [0.25, 0.3) is 110 Å². The van der Waals surface area contributed by atoms with Gasteiger partial charge in [-0.2, -0.15) is 0 Å². The maximum atomic E-state index is 5.43. The summed E-state index contributed by atoms with van der Waals surface area (Å²) in [6.07, 6.45) is 5.64. The van der Waals surface area contributed by atoms with Crippen molar-refractivity contribution in [1.29, 1.82) is 0 Å². The van der Waals surface area contributed by atoms with Crippen LogP contribution in [0, 0.1) is 0 Å². The highest BCUT2D eigenvalue weighted by Gasteiger charge is 2.21. The molecule has 0 saturated carbocycles. The van der Waals surface area contributed by atoms with Gasteiger partial charge in [0, 0.05) is 28.9 Å². The van der Waals surface area contributed by atoms with Crippen molar-refractivity contribution in [3.8, 4) is 55.8 Å². The SMILES string of the molecule is CCc1ccccc1-c1nc2ccc3ccccc3c2c(-c2ccc(-c3cccc(-c4ccc5ccc6c(-c7cccnc7)ccc7ccc4c5c76)c3)cc2)c1CC. The molecule has 0 atom stereocenters. The van der Waals surface area contributed by atoms with Crippen molar-refractivity contribution >= 4 is 54.0 Å². The summed E-state index contributed by atoms with van der Waals surface area (Å²) in [5, 5.41) is 11.4. The Kier molecular flexibility index (Phi) is 8.11. The first-order valence-corrected chi connectivity index (χ1v) is 20.4. The van der Waals surface area contributed by atoms with Gasteiger partial charge in [0.15, 0.2) is 0 Å². The van der Waals surface area contributed by atoms with Crippen LogP contribution in [-0.4, -0.2) is 9.97 Å². The van der Waals surface area contributed by atoms with E-state index in [9.17, 15) is 0 Å². The number of hydrogen-bond acceptors (Lipinski definition) is 2. The minimum absolute atomic E-state index is 0.878. The first-order valence-electron chi connectivity index (χ1n) is 20.4. The van der Waals surface area contributed by atoms with Gasteiger partial charge in [-0.25, -0.2) is 4.98 Å². The lowest BCUT2D eigenvalue weighted by Gasteiger charge is -2.20. The first-order chi connectivity index (χ1) is 28.7. The number of nitrogens with zero attached hydrogens (tertiary/aromatic N) is 2. The van der Waals surface area contributed by atoms with Crippen molar-refractivity contribution in [2.45, 2.75) is 26.7 Å². The Bertz CT molecular complexity index is 3340. The fourth-order valence-electron chi connectivity index (χ4n) is 9.54. The number of aryl methyl sites for hydroxylation is 1. The number of aromatic nitrogens is 2. The molecule has 2 aromatic heterocycles. The van der Waals surface area contributed by atoms with E-state index in [1.165, 1.54) is 104 Å². The molecule has 0 radical (unpaired) electrons. The van der Waals surface area contributed by atoms with Crippen LogP contribution in [0.15, 0.2) is 182 Å². The summed E-state index contributed by atoms with van der Waals surface area (Å²) in [6, 6.07) is 62.6. The van der Waals surface area contributed by atoms with Crippen molar-refractivity contribution in [3.63, 3.8) is 0 Å². The Morgan fingerprint density at radius 3 is 1.81 bits per heavy atom. The minimum Gasteiger partial charge on any atom is -0.264 e. The summed E-state index contributed by atoms with van der Waals surface area (Å²) in [7, 11) is 0. The zero-order chi connectivity index (χ0) is 38.7. The zero-order valence-electron chi connectivity index (χ0n) is 32.6. The molecule has 0 amide bonds. The summed E-state index contributed by atoms with van der Waals surface area (Å²) in [4.78, 5) is 9.85. The first kappa shape index (κ1) is 34.1. The molecule has 0 aliphatic rings. The molecule has 0 saturated heterocycles. The number of fused-ring (bicyclic) bond motifs is 3. The highest BCUT2D eigenvalue weighted by molar-refractivity contribution is 6.27. The molecular weight excluding hydrogens is 701 g/mol. The van der Waals surface area contributed by atoms with E-state index >= 15 is 0 Å². The molecule has 0 N–H and O–H groups in total. The Labute approximate surface area is 338 Å². The van der Waals surface area contributed by atoms with E-state index < -0.39 is 0 Å². The van der Waals surface area contributed by atoms with E-state index in [4.69, 9.17) is 4.98 Å². The fraction of sp³-hybridized carbons (Fsp3) is 0.0714. The Balaban J connectivity index is 1.04. The van der Waals surface area contributed by atoms with Crippen LogP contribution in [0.2, 0.25) is 0 Å². The van der Waals surface area contributed by atoms with Crippen molar-refractivity contribution in [1.82, 2.24) is 9.97 Å². The number of benzene rings is 9. The van der Waals surface area contributed by atoms with Crippen LogP contribution in [0.4, 0.5) is 0 Å². The predicted octanol–water partition coefficient (Wildman–Crippen LogP) is 15.1. The van der Waals surface area contributed by atoms with Gasteiger partial charge in [-0.3, -0.25) is 4.98 Å². The summed E-state index contributed by atoms with van der Waals surface area (Å²) in [6.45, 7) is 4.51. The molecule has 0 fully saturated rings. The fourth-order valence-corrected chi connectivity index (χ4v) is 9.54. The quantitative estimate of drug-likeness (QED) is 0.152. The monoisotopic (exact) mass is 740 g/mol. The lowest BCUT2D eigenvalue weighted by Crippen LogP contribution is -2.01. The number of hydrogen-bond donors (Lipinski definition) is 0. The van der Waals surface area contributed by atoms with Crippen LogP contribution in [-0.2, 0) is 12.8 Å². The molecule has 0 spiro atoms. The summed E-state index contributed by atoms with van der Waals surface area (Å²) < 4.78 is 0. The van der Waals surface area contributed by atoms with Gasteiger partial charge in [-0.15, -0.1) is 0 Å². The minimum atomic E-state index is 0.878. The van der Waals surface area contributed by atoms with E-state index in [-0.39, 0.29) is 0 Å². The van der Waals surface area contributed by atoms with Gasteiger partial charge in [0.2, 0.25) is 0 Å². The highest BCUT2D eigenvalue weighted by Crippen LogP contribution is 2.44. The van der Waals surface area contributed by atoms with Gasteiger partial charge in [0.25, 0.3) is 0 Å². The molecular formula is C56H40N2. The summed E-state index contributed by atoms with van der Waals surface area (Å²) in [5.41, 5.74) is 15.7. The van der Waals surface area contributed by atoms with Crippen molar-refractivity contribution in [2.24, 2.45) is 0 Å². The molecule has 0 bridgehead atoms. The molecule has 58 heavy (non-hydrogen) atoms. The van der Waals surface area contributed by atoms with E-state index in [2.05, 4.69) is 183 Å². The van der Waals surface area contributed by atoms with Gasteiger partial charge in [0.05, 0.1) is 11.2 Å². The Morgan fingerprint density at radius 2 is 1.07 bits per heavy atom. The number of pyridine rings is 2. The van der Waals surface area contributed by atoms with Crippen LogP contribution < -0.4 is 0 Å². The number of rotatable bonds is 7. The average Bonchev–Trinajstić information content (AvgIpc) is 3.30. The smallest absolute Gasteiger partial charge is 0.0750 e. The Morgan fingerprint density at radius 1 is 0.414 bits per heavy atom. The molecule has 11 rings (SSSR count).